The van der Waals surface area contributed by atoms with Gasteiger partial charge < -0.3 is 19.2 Å². The number of hydrogen-bond donors (Lipinski definition) is 0. The van der Waals surface area contributed by atoms with Crippen LogP contribution in [0.1, 0.15) is 12.0 Å². The molecule has 0 radical (unpaired) electrons. The average molecular weight is 413 g/mol. The number of likely N-dealkylation sites (tertiary alicyclic amines) is 1. The molecular weight excluding hydrogens is 386 g/mol. The largest absolute Gasteiger partial charge is 0.493 e. The summed E-state index contributed by atoms with van der Waals surface area (Å²) in [6.45, 7) is 1.11. The third kappa shape index (κ3) is 2.52. The lowest BCUT2D eigenvalue weighted by atomic mass is 9.71. The van der Waals surface area contributed by atoms with E-state index in [1.807, 2.05) is 37.2 Å². The number of para-hydroxylation sites is 1. The van der Waals surface area contributed by atoms with E-state index in [2.05, 4.69) is 5.16 Å². The minimum Gasteiger partial charge on any atom is -0.493 e. The molecule has 2 amide bonds. The molecule has 0 unspecified atom stereocenters. The lowest BCUT2D eigenvalue weighted by Gasteiger charge is -2.30. The zero-order valence-electron chi connectivity index (χ0n) is 17.7. The van der Waals surface area contributed by atoms with Crippen molar-refractivity contribution in [3.63, 3.8) is 0 Å². The summed E-state index contributed by atoms with van der Waals surface area (Å²) in [5, 5.41) is 4.41. The molecule has 160 valence electrons. The molecule has 2 saturated carbocycles. The molecule has 0 spiro atoms. The minimum absolute atomic E-state index is 0.0113. The Balaban J connectivity index is 1.46. The average Bonchev–Trinajstić information content (AvgIpc) is 3.46. The second-order valence-electron chi connectivity index (χ2n) is 8.86. The predicted octanol–water partition coefficient (Wildman–Crippen LogP) is 1.24. The summed E-state index contributed by atoms with van der Waals surface area (Å²) in [5.74, 6) is 0.722. The number of hydrogen-bond acceptors (Lipinski definition) is 7. The van der Waals surface area contributed by atoms with E-state index >= 15 is 0 Å². The second-order valence-corrected chi connectivity index (χ2v) is 8.86. The molecule has 5 rings (SSSR count). The molecule has 2 aliphatic carbocycles. The predicted molar refractivity (Wildman–Crippen MR) is 108 cm³/mol. The van der Waals surface area contributed by atoms with E-state index in [0.29, 0.717) is 24.6 Å². The van der Waals surface area contributed by atoms with Crippen LogP contribution in [-0.2, 0) is 14.4 Å². The fourth-order valence-corrected chi connectivity index (χ4v) is 6.02. The zero-order valence-corrected chi connectivity index (χ0v) is 17.7. The van der Waals surface area contributed by atoms with Gasteiger partial charge in [-0.1, -0.05) is 11.2 Å². The quantitative estimate of drug-likeness (QED) is 0.653. The number of methoxy groups -OCH3 is 2. The van der Waals surface area contributed by atoms with Gasteiger partial charge in [-0.15, -0.1) is 0 Å². The van der Waals surface area contributed by atoms with Crippen molar-refractivity contribution in [2.45, 2.75) is 12.5 Å². The van der Waals surface area contributed by atoms with E-state index in [1.165, 1.54) is 4.90 Å². The summed E-state index contributed by atoms with van der Waals surface area (Å²) in [6, 6.07) is 5.69. The van der Waals surface area contributed by atoms with Crippen molar-refractivity contribution in [2.24, 2.45) is 34.7 Å². The maximum absolute atomic E-state index is 13.2. The molecule has 1 saturated heterocycles. The van der Waals surface area contributed by atoms with Gasteiger partial charge in [0.1, 0.15) is 6.10 Å². The molecule has 6 atom stereocenters. The highest BCUT2D eigenvalue weighted by Gasteiger charge is 2.70. The molecule has 8 heteroatoms. The van der Waals surface area contributed by atoms with Crippen molar-refractivity contribution in [3.05, 3.63) is 23.8 Å². The highest BCUT2D eigenvalue weighted by molar-refractivity contribution is 6.10. The van der Waals surface area contributed by atoms with Crippen LogP contribution < -0.4 is 9.47 Å². The zero-order chi connectivity index (χ0) is 21.2. The highest BCUT2D eigenvalue weighted by atomic mass is 16.6. The van der Waals surface area contributed by atoms with Crippen LogP contribution in [0, 0.1) is 29.6 Å². The Morgan fingerprint density at radius 2 is 1.83 bits per heavy atom. The molecule has 1 aromatic carbocycles. The van der Waals surface area contributed by atoms with Crippen molar-refractivity contribution in [2.75, 3.05) is 41.4 Å². The molecule has 0 N–H and O–H groups in total. The van der Waals surface area contributed by atoms with Crippen LogP contribution in [0.2, 0.25) is 0 Å². The Morgan fingerprint density at radius 3 is 2.50 bits per heavy atom. The summed E-state index contributed by atoms with van der Waals surface area (Å²) in [6.07, 6.45) is 0.669. The Labute approximate surface area is 175 Å². The summed E-state index contributed by atoms with van der Waals surface area (Å²) in [7, 11) is 7.09. The first-order chi connectivity index (χ1) is 14.5. The van der Waals surface area contributed by atoms with Crippen LogP contribution in [-0.4, -0.2) is 74.8 Å². The topological polar surface area (TPSA) is 80.7 Å². The molecule has 30 heavy (non-hydrogen) atoms. The van der Waals surface area contributed by atoms with Gasteiger partial charge in [0.05, 0.1) is 31.8 Å². The van der Waals surface area contributed by atoms with E-state index in [-0.39, 0.29) is 47.5 Å². The second kappa shape index (κ2) is 6.97. The minimum atomic E-state index is -0.271. The first-order valence-electron chi connectivity index (χ1n) is 10.4. The van der Waals surface area contributed by atoms with Gasteiger partial charge in [0.25, 0.3) is 0 Å². The maximum Gasteiger partial charge on any atom is 0.233 e. The van der Waals surface area contributed by atoms with Crippen molar-refractivity contribution in [1.82, 2.24) is 9.80 Å². The number of likely N-dealkylation sites (N-methyl/N-ethyl adjacent to an activating group) is 1. The van der Waals surface area contributed by atoms with Gasteiger partial charge in [0.15, 0.2) is 11.5 Å². The summed E-state index contributed by atoms with van der Waals surface area (Å²) in [4.78, 5) is 35.6. The van der Waals surface area contributed by atoms with Gasteiger partial charge in [-0.3, -0.25) is 14.5 Å². The molecule has 8 nitrogen and oxygen atoms in total. The molecule has 2 bridgehead atoms. The van der Waals surface area contributed by atoms with Crippen LogP contribution in [0.3, 0.4) is 0 Å². The highest BCUT2D eigenvalue weighted by Crippen LogP contribution is 2.62. The number of fused-ring (bicyclic) bond motifs is 8. The molecule has 2 aliphatic heterocycles. The number of oxime groups is 1. The third-order valence-electron chi connectivity index (χ3n) is 7.23. The first kappa shape index (κ1) is 19.4. The SMILES string of the molecule is COc1cccc(C2=NO[C@@H]3[C@H]4C[C@H]([C@@H]23)[C@H]2C(=O)N(CCN(C)C)C(=O)[C@@H]42)c1OC. The Bertz CT molecular complexity index is 929. The van der Waals surface area contributed by atoms with Crippen LogP contribution in [0.5, 0.6) is 11.5 Å². The van der Waals surface area contributed by atoms with E-state index in [4.69, 9.17) is 14.3 Å². The van der Waals surface area contributed by atoms with E-state index in [9.17, 15) is 9.59 Å². The van der Waals surface area contributed by atoms with E-state index in [0.717, 1.165) is 17.7 Å². The normalized spacial score (nSPS) is 33.6. The third-order valence-corrected chi connectivity index (χ3v) is 7.23. The fraction of sp³-hybridized carbons (Fsp3) is 0.591. The fourth-order valence-electron chi connectivity index (χ4n) is 6.02. The van der Waals surface area contributed by atoms with E-state index < -0.39 is 0 Å². The number of nitrogens with zero attached hydrogens (tertiary/aromatic N) is 3. The van der Waals surface area contributed by atoms with Crippen LogP contribution >= 0.6 is 0 Å². The van der Waals surface area contributed by atoms with Crippen LogP contribution in [0.25, 0.3) is 0 Å². The van der Waals surface area contributed by atoms with Crippen LogP contribution in [0.15, 0.2) is 23.4 Å². The smallest absolute Gasteiger partial charge is 0.233 e. The number of carbonyl (C=O) groups excluding carboxylic acids is 2. The molecule has 3 fully saturated rings. The Kier molecular flexibility index (Phi) is 4.50. The van der Waals surface area contributed by atoms with Gasteiger partial charge in [-0.25, -0.2) is 0 Å². The van der Waals surface area contributed by atoms with Gasteiger partial charge in [0.2, 0.25) is 11.8 Å². The monoisotopic (exact) mass is 413 g/mol. The van der Waals surface area contributed by atoms with Gasteiger partial charge >= 0.3 is 0 Å². The van der Waals surface area contributed by atoms with Crippen molar-refractivity contribution >= 4 is 17.5 Å². The standard InChI is InChI=1S/C22H27N3O5/c1-24(2)8-9-25-21(26)15-12-10-13(16(15)22(25)27)20-17(12)18(23-30-20)11-6-5-7-14(28-3)19(11)29-4/h5-7,12-13,15-17,20H,8-10H2,1-4H3/t12-,13-,15+,16-,17-,20+/m0/s1. The maximum atomic E-state index is 13.2. The molecule has 1 aromatic rings. The van der Waals surface area contributed by atoms with Gasteiger partial charge in [-0.05, 0) is 38.6 Å². The molecule has 2 heterocycles. The summed E-state index contributed by atoms with van der Waals surface area (Å²) >= 11 is 0. The van der Waals surface area contributed by atoms with E-state index in [1.54, 1.807) is 14.2 Å². The van der Waals surface area contributed by atoms with Crippen molar-refractivity contribution in [1.29, 1.82) is 0 Å². The van der Waals surface area contributed by atoms with Crippen LogP contribution in [0.4, 0.5) is 0 Å². The Morgan fingerprint density at radius 1 is 1.10 bits per heavy atom. The lowest BCUT2D eigenvalue weighted by Crippen LogP contribution is -2.41. The lowest BCUT2D eigenvalue weighted by molar-refractivity contribution is -0.141. The molecular formula is C22H27N3O5. The number of rotatable bonds is 6. The number of benzene rings is 1. The Hall–Kier alpha value is -2.61. The number of ether oxygens (including phenoxy) is 2. The summed E-state index contributed by atoms with van der Waals surface area (Å²) in [5.41, 5.74) is 1.63. The first-order valence-corrected chi connectivity index (χ1v) is 10.4. The number of amides is 2. The van der Waals surface area contributed by atoms with Crippen molar-refractivity contribution < 1.29 is 23.9 Å². The van der Waals surface area contributed by atoms with Gasteiger partial charge in [-0.2, -0.15) is 0 Å². The number of imide groups is 1. The molecule has 0 aromatic heterocycles. The van der Waals surface area contributed by atoms with Gasteiger partial charge in [0, 0.05) is 30.5 Å². The summed E-state index contributed by atoms with van der Waals surface area (Å²) < 4.78 is 11.0. The number of carbonyl (C=O) groups is 2. The molecule has 4 aliphatic rings. The van der Waals surface area contributed by atoms with Crippen molar-refractivity contribution in [3.8, 4) is 11.5 Å².